The summed E-state index contributed by atoms with van der Waals surface area (Å²) in [7, 11) is -1.91. The van der Waals surface area contributed by atoms with Gasteiger partial charge in [-0.05, 0) is 55.3 Å². The quantitative estimate of drug-likeness (QED) is 0.583. The zero-order valence-corrected chi connectivity index (χ0v) is 18.7. The number of sulfonamides is 1. The van der Waals surface area contributed by atoms with Crippen LogP contribution in [0, 0.1) is 0 Å². The van der Waals surface area contributed by atoms with Gasteiger partial charge >= 0.3 is 0 Å². The van der Waals surface area contributed by atoms with Crippen LogP contribution >= 0.6 is 11.3 Å². The van der Waals surface area contributed by atoms with Crippen molar-refractivity contribution in [3.05, 3.63) is 59.6 Å². The van der Waals surface area contributed by atoms with Crippen LogP contribution in [0.25, 0.3) is 10.6 Å². The van der Waals surface area contributed by atoms with Crippen molar-refractivity contribution < 1.29 is 17.9 Å². The van der Waals surface area contributed by atoms with Gasteiger partial charge in [-0.3, -0.25) is 4.79 Å². The molecular formula is C22H23N3O4S2. The van der Waals surface area contributed by atoms with Gasteiger partial charge in [0.2, 0.25) is 15.9 Å². The third kappa shape index (κ3) is 4.95. The molecule has 0 spiro atoms. The number of nitrogens with zero attached hydrogens (tertiary/aromatic N) is 2. The lowest BCUT2D eigenvalue weighted by atomic mass is 10.2. The minimum Gasteiger partial charge on any atom is -0.497 e. The summed E-state index contributed by atoms with van der Waals surface area (Å²) in [5.74, 6) is 0.524. The summed E-state index contributed by atoms with van der Waals surface area (Å²) in [6.07, 6.45) is 1.86. The number of methoxy groups -OCH3 is 1. The Morgan fingerprint density at radius 3 is 2.61 bits per heavy atom. The molecule has 2 aromatic carbocycles. The van der Waals surface area contributed by atoms with Crippen molar-refractivity contribution in [2.24, 2.45) is 0 Å². The molecule has 3 aromatic rings. The molecule has 162 valence electrons. The summed E-state index contributed by atoms with van der Waals surface area (Å²) in [6.45, 7) is 1.08. The second-order valence-corrected chi connectivity index (χ2v) is 10.0. The number of carbonyl (C=O) groups is 1. The minimum atomic E-state index is -3.53. The number of nitrogens with one attached hydrogen (secondary N) is 1. The van der Waals surface area contributed by atoms with Crippen molar-refractivity contribution in [1.29, 1.82) is 0 Å². The van der Waals surface area contributed by atoms with Crippen LogP contribution in [-0.4, -0.2) is 43.8 Å². The fraction of sp³-hybridized carbons (Fsp3) is 0.273. The Hall–Kier alpha value is -2.75. The van der Waals surface area contributed by atoms with Gasteiger partial charge in [0, 0.05) is 29.7 Å². The Labute approximate surface area is 185 Å². The second-order valence-electron chi connectivity index (χ2n) is 7.24. The summed E-state index contributed by atoms with van der Waals surface area (Å²) >= 11 is 1.47. The first-order valence-corrected chi connectivity index (χ1v) is 12.3. The van der Waals surface area contributed by atoms with Gasteiger partial charge in [-0.15, -0.1) is 11.3 Å². The number of carbonyl (C=O) groups excluding carboxylic acids is 1. The lowest BCUT2D eigenvalue weighted by molar-refractivity contribution is -0.115. The lowest BCUT2D eigenvalue weighted by Gasteiger charge is -2.16. The number of rotatable bonds is 7. The van der Waals surface area contributed by atoms with Crippen LogP contribution in [0.3, 0.4) is 0 Å². The predicted octanol–water partition coefficient (Wildman–Crippen LogP) is 3.78. The van der Waals surface area contributed by atoms with Crippen molar-refractivity contribution in [3.63, 3.8) is 0 Å². The third-order valence-electron chi connectivity index (χ3n) is 5.05. The Balaban J connectivity index is 1.42. The molecule has 0 unspecified atom stereocenters. The Morgan fingerprint density at radius 2 is 1.90 bits per heavy atom. The fourth-order valence-corrected chi connectivity index (χ4v) is 5.83. The molecule has 1 N–H and O–H groups in total. The first-order valence-electron chi connectivity index (χ1n) is 9.94. The topological polar surface area (TPSA) is 88.6 Å². The summed E-state index contributed by atoms with van der Waals surface area (Å²) in [4.78, 5) is 17.2. The summed E-state index contributed by atoms with van der Waals surface area (Å²) < 4.78 is 32.1. The van der Waals surface area contributed by atoms with Crippen molar-refractivity contribution >= 4 is 33.0 Å². The van der Waals surface area contributed by atoms with Gasteiger partial charge in [0.05, 0.1) is 24.1 Å². The van der Waals surface area contributed by atoms with Gasteiger partial charge in [0.1, 0.15) is 10.8 Å². The minimum absolute atomic E-state index is 0.107. The average molecular weight is 458 g/mol. The van der Waals surface area contributed by atoms with Gasteiger partial charge in [0.25, 0.3) is 0 Å². The Bertz CT molecular complexity index is 1170. The van der Waals surface area contributed by atoms with Crippen molar-refractivity contribution in [3.8, 4) is 16.3 Å². The molecule has 1 amide bonds. The maximum absolute atomic E-state index is 12.7. The van der Waals surface area contributed by atoms with E-state index in [0.717, 1.165) is 29.2 Å². The van der Waals surface area contributed by atoms with E-state index in [0.29, 0.717) is 24.5 Å². The fourth-order valence-electron chi connectivity index (χ4n) is 3.44. The predicted molar refractivity (Wildman–Crippen MR) is 121 cm³/mol. The number of ether oxygens (including phenoxy) is 1. The molecule has 2 heterocycles. The van der Waals surface area contributed by atoms with Crippen molar-refractivity contribution in [1.82, 2.24) is 9.29 Å². The van der Waals surface area contributed by atoms with Crippen LogP contribution in [0.15, 0.2) is 58.8 Å². The van der Waals surface area contributed by atoms with Crippen LogP contribution in [0.2, 0.25) is 0 Å². The highest BCUT2D eigenvalue weighted by molar-refractivity contribution is 7.89. The molecule has 1 aliphatic rings. The smallest absolute Gasteiger partial charge is 0.243 e. The molecule has 1 fully saturated rings. The maximum Gasteiger partial charge on any atom is 0.243 e. The summed E-state index contributed by atoms with van der Waals surface area (Å²) in [5, 5.41) is 5.46. The van der Waals surface area contributed by atoms with Crippen LogP contribution in [0.1, 0.15) is 18.5 Å². The Kier molecular flexibility index (Phi) is 6.35. The number of anilines is 1. The summed E-state index contributed by atoms with van der Waals surface area (Å²) in [5.41, 5.74) is 2.07. The summed E-state index contributed by atoms with van der Waals surface area (Å²) in [6, 6.07) is 14.0. The first-order chi connectivity index (χ1) is 15.0. The highest BCUT2D eigenvalue weighted by Gasteiger charge is 2.27. The van der Waals surface area contributed by atoms with E-state index in [1.54, 1.807) is 25.3 Å². The van der Waals surface area contributed by atoms with Crippen molar-refractivity contribution in [2.45, 2.75) is 24.2 Å². The number of thiazole rings is 1. The molecular weight excluding hydrogens is 434 g/mol. The molecule has 1 saturated heterocycles. The molecule has 1 aromatic heterocycles. The van der Waals surface area contributed by atoms with Gasteiger partial charge in [-0.2, -0.15) is 4.31 Å². The average Bonchev–Trinajstić information content (AvgIpc) is 3.47. The molecule has 0 atom stereocenters. The van der Waals surface area contributed by atoms with E-state index in [1.165, 1.54) is 21.7 Å². The van der Waals surface area contributed by atoms with E-state index in [4.69, 9.17) is 4.74 Å². The van der Waals surface area contributed by atoms with Gasteiger partial charge < -0.3 is 10.1 Å². The van der Waals surface area contributed by atoms with Crippen LogP contribution in [-0.2, 0) is 21.2 Å². The highest BCUT2D eigenvalue weighted by atomic mass is 32.2. The number of aromatic nitrogens is 1. The molecule has 31 heavy (non-hydrogen) atoms. The maximum atomic E-state index is 12.7. The number of amides is 1. The number of hydrogen-bond donors (Lipinski definition) is 1. The molecule has 9 heteroatoms. The van der Waals surface area contributed by atoms with E-state index in [1.807, 2.05) is 29.6 Å². The zero-order valence-electron chi connectivity index (χ0n) is 17.1. The second kappa shape index (κ2) is 9.17. The van der Waals surface area contributed by atoms with E-state index >= 15 is 0 Å². The molecule has 0 bridgehead atoms. The SMILES string of the molecule is COc1ccc(-c2nc(CC(=O)Nc3cccc(S(=O)(=O)N4CCCC4)c3)cs2)cc1. The van der Waals surface area contributed by atoms with Crippen LogP contribution < -0.4 is 10.1 Å². The van der Waals surface area contributed by atoms with E-state index < -0.39 is 10.0 Å². The molecule has 0 aliphatic carbocycles. The molecule has 4 rings (SSSR count). The van der Waals surface area contributed by atoms with Gasteiger partial charge in [-0.25, -0.2) is 13.4 Å². The molecule has 0 saturated carbocycles. The molecule has 7 nitrogen and oxygen atoms in total. The number of hydrogen-bond acceptors (Lipinski definition) is 6. The lowest BCUT2D eigenvalue weighted by Crippen LogP contribution is -2.28. The largest absolute Gasteiger partial charge is 0.497 e. The highest BCUT2D eigenvalue weighted by Crippen LogP contribution is 2.26. The molecule has 0 radical (unpaired) electrons. The van der Waals surface area contributed by atoms with E-state index in [2.05, 4.69) is 10.3 Å². The van der Waals surface area contributed by atoms with Crippen LogP contribution in [0.4, 0.5) is 5.69 Å². The van der Waals surface area contributed by atoms with Crippen molar-refractivity contribution in [2.75, 3.05) is 25.5 Å². The number of benzene rings is 2. The molecule has 1 aliphatic heterocycles. The normalized spacial score (nSPS) is 14.5. The van der Waals surface area contributed by atoms with E-state index in [9.17, 15) is 13.2 Å². The third-order valence-corrected chi connectivity index (χ3v) is 7.89. The van der Waals surface area contributed by atoms with Gasteiger partial charge in [-0.1, -0.05) is 6.07 Å². The Morgan fingerprint density at radius 1 is 1.16 bits per heavy atom. The first kappa shape index (κ1) is 21.5. The zero-order chi connectivity index (χ0) is 21.8. The monoisotopic (exact) mass is 457 g/mol. The van der Waals surface area contributed by atoms with Gasteiger partial charge in [0.15, 0.2) is 0 Å². The van der Waals surface area contributed by atoms with E-state index in [-0.39, 0.29) is 17.2 Å². The standard InChI is InChI=1S/C22H23N3O4S2/c1-29-19-9-7-16(8-10-19)22-24-18(15-30-22)14-21(26)23-17-5-4-6-20(13-17)31(27,28)25-11-2-3-12-25/h4-10,13,15H,2-3,11-12,14H2,1H3,(H,23,26). The van der Waals surface area contributed by atoms with Crippen LogP contribution in [0.5, 0.6) is 5.75 Å².